The molecule has 1 saturated heterocycles. The topological polar surface area (TPSA) is 75.7 Å². The summed E-state index contributed by atoms with van der Waals surface area (Å²) in [6.07, 6.45) is 1.56. The van der Waals surface area contributed by atoms with E-state index >= 15 is 0 Å². The molecule has 1 unspecified atom stereocenters. The minimum absolute atomic E-state index is 0.0584. The highest BCUT2D eigenvalue weighted by Crippen LogP contribution is 2.18. The Kier molecular flexibility index (Phi) is 5.79. The second-order valence-electron chi connectivity index (χ2n) is 5.07. The summed E-state index contributed by atoms with van der Waals surface area (Å²) in [5.74, 6) is -0.880. The monoisotopic (exact) mass is 270 g/mol. The minimum atomic E-state index is -0.473. The van der Waals surface area contributed by atoms with Crippen molar-refractivity contribution in [2.24, 2.45) is 11.8 Å². The fraction of sp³-hybridized carbons (Fsp3) is 0.769. The van der Waals surface area contributed by atoms with Crippen LogP contribution in [0.5, 0.6) is 0 Å². The molecule has 1 atom stereocenters. The Balaban J connectivity index is 2.48. The van der Waals surface area contributed by atoms with Crippen LogP contribution in [0, 0.1) is 11.8 Å². The standard InChI is InChI=1S/C13H22N2O4/c1-9(2)13(18)15-6-4-5-10(8-15)12(17)14-7-11(16)19-3/h9-10H,4-8H2,1-3H3,(H,14,17). The van der Waals surface area contributed by atoms with E-state index in [0.29, 0.717) is 13.1 Å². The maximum Gasteiger partial charge on any atom is 0.325 e. The summed E-state index contributed by atoms with van der Waals surface area (Å²) in [5, 5.41) is 2.54. The molecule has 6 heteroatoms. The van der Waals surface area contributed by atoms with Crippen LogP contribution in [0.3, 0.4) is 0 Å². The molecule has 0 aromatic rings. The Morgan fingerprint density at radius 1 is 1.37 bits per heavy atom. The van der Waals surface area contributed by atoms with Crippen LogP contribution in [0.15, 0.2) is 0 Å². The van der Waals surface area contributed by atoms with Gasteiger partial charge < -0.3 is 15.0 Å². The van der Waals surface area contributed by atoms with E-state index in [1.807, 2.05) is 13.8 Å². The van der Waals surface area contributed by atoms with E-state index in [-0.39, 0.29) is 30.2 Å². The second-order valence-corrected chi connectivity index (χ2v) is 5.07. The molecule has 6 nitrogen and oxygen atoms in total. The normalized spacial score (nSPS) is 19.2. The molecule has 1 rings (SSSR count). The van der Waals surface area contributed by atoms with Crippen LogP contribution in [0.4, 0.5) is 0 Å². The molecule has 0 saturated carbocycles. The summed E-state index contributed by atoms with van der Waals surface area (Å²) in [6, 6.07) is 0. The lowest BCUT2D eigenvalue weighted by Gasteiger charge is -2.33. The van der Waals surface area contributed by atoms with Gasteiger partial charge in [0.05, 0.1) is 13.0 Å². The molecule has 1 aliphatic heterocycles. The number of carbonyl (C=O) groups is 3. The van der Waals surface area contributed by atoms with Gasteiger partial charge in [-0.3, -0.25) is 14.4 Å². The summed E-state index contributed by atoms with van der Waals surface area (Å²) in [7, 11) is 1.28. The summed E-state index contributed by atoms with van der Waals surface area (Å²) >= 11 is 0. The van der Waals surface area contributed by atoms with Crippen molar-refractivity contribution in [3.8, 4) is 0 Å². The number of likely N-dealkylation sites (tertiary alicyclic amines) is 1. The van der Waals surface area contributed by atoms with Crippen molar-refractivity contribution in [3.05, 3.63) is 0 Å². The lowest BCUT2D eigenvalue weighted by Crippen LogP contribution is -2.47. The van der Waals surface area contributed by atoms with Gasteiger partial charge in [-0.05, 0) is 12.8 Å². The van der Waals surface area contributed by atoms with Crippen molar-refractivity contribution >= 4 is 17.8 Å². The molecule has 1 fully saturated rings. The lowest BCUT2D eigenvalue weighted by atomic mass is 9.96. The number of ether oxygens (including phenoxy) is 1. The Bertz CT molecular complexity index is 355. The third-order valence-corrected chi connectivity index (χ3v) is 3.23. The quantitative estimate of drug-likeness (QED) is 0.739. The van der Waals surface area contributed by atoms with E-state index in [2.05, 4.69) is 10.1 Å². The zero-order chi connectivity index (χ0) is 14.4. The van der Waals surface area contributed by atoms with Crippen LogP contribution in [0.2, 0.25) is 0 Å². The molecule has 2 amide bonds. The largest absolute Gasteiger partial charge is 0.468 e. The SMILES string of the molecule is COC(=O)CNC(=O)C1CCCN(C(=O)C(C)C)C1. The molecule has 0 aromatic heterocycles. The number of methoxy groups -OCH3 is 1. The van der Waals surface area contributed by atoms with Gasteiger partial charge in [0.15, 0.2) is 0 Å². The van der Waals surface area contributed by atoms with Crippen LogP contribution >= 0.6 is 0 Å². The minimum Gasteiger partial charge on any atom is -0.468 e. The maximum absolute atomic E-state index is 11.9. The first-order valence-electron chi connectivity index (χ1n) is 6.59. The molecule has 19 heavy (non-hydrogen) atoms. The lowest BCUT2D eigenvalue weighted by molar-refractivity contribution is -0.143. The Labute approximate surface area is 113 Å². The van der Waals surface area contributed by atoms with Crippen molar-refractivity contribution < 1.29 is 19.1 Å². The van der Waals surface area contributed by atoms with Gasteiger partial charge in [-0.2, -0.15) is 0 Å². The Morgan fingerprint density at radius 3 is 2.63 bits per heavy atom. The van der Waals surface area contributed by atoms with Gasteiger partial charge >= 0.3 is 5.97 Å². The van der Waals surface area contributed by atoms with Crippen LogP contribution in [-0.4, -0.2) is 49.4 Å². The zero-order valence-corrected chi connectivity index (χ0v) is 11.8. The smallest absolute Gasteiger partial charge is 0.325 e. The van der Waals surface area contributed by atoms with Gasteiger partial charge in [0.1, 0.15) is 6.54 Å². The van der Waals surface area contributed by atoms with Gasteiger partial charge in [-0.25, -0.2) is 0 Å². The Morgan fingerprint density at radius 2 is 2.05 bits per heavy atom. The predicted molar refractivity (Wildman–Crippen MR) is 69.2 cm³/mol. The van der Waals surface area contributed by atoms with Crippen LogP contribution in [-0.2, 0) is 19.1 Å². The number of amides is 2. The van der Waals surface area contributed by atoms with Crippen molar-refractivity contribution in [1.82, 2.24) is 10.2 Å². The van der Waals surface area contributed by atoms with E-state index < -0.39 is 5.97 Å². The van der Waals surface area contributed by atoms with Gasteiger partial charge in [-0.15, -0.1) is 0 Å². The highest BCUT2D eigenvalue weighted by Gasteiger charge is 2.29. The first kappa shape index (κ1) is 15.5. The third-order valence-electron chi connectivity index (χ3n) is 3.23. The summed E-state index contributed by atoms with van der Waals surface area (Å²) < 4.78 is 4.46. The third kappa shape index (κ3) is 4.54. The molecule has 0 radical (unpaired) electrons. The van der Waals surface area contributed by atoms with Crippen molar-refractivity contribution in [2.45, 2.75) is 26.7 Å². The number of hydrogen-bond acceptors (Lipinski definition) is 4. The van der Waals surface area contributed by atoms with Gasteiger partial charge in [0.25, 0.3) is 0 Å². The number of esters is 1. The van der Waals surface area contributed by atoms with E-state index in [4.69, 9.17) is 0 Å². The average molecular weight is 270 g/mol. The zero-order valence-electron chi connectivity index (χ0n) is 11.8. The molecule has 1 N–H and O–H groups in total. The molecular weight excluding hydrogens is 248 g/mol. The average Bonchev–Trinajstić information content (AvgIpc) is 2.43. The predicted octanol–water partition coefficient (Wildman–Crippen LogP) is 0.170. The summed E-state index contributed by atoms with van der Waals surface area (Å²) in [4.78, 5) is 36.5. The first-order valence-corrected chi connectivity index (χ1v) is 6.59. The molecule has 0 bridgehead atoms. The molecule has 1 aliphatic rings. The van der Waals surface area contributed by atoms with Gasteiger partial charge in [0, 0.05) is 19.0 Å². The second kappa shape index (κ2) is 7.11. The summed E-state index contributed by atoms with van der Waals surface area (Å²) in [5.41, 5.74) is 0. The molecule has 108 valence electrons. The summed E-state index contributed by atoms with van der Waals surface area (Å²) in [6.45, 7) is 4.72. The fourth-order valence-corrected chi connectivity index (χ4v) is 2.13. The first-order chi connectivity index (χ1) is 8.95. The van der Waals surface area contributed by atoms with Crippen LogP contribution in [0.1, 0.15) is 26.7 Å². The number of hydrogen-bond donors (Lipinski definition) is 1. The highest BCUT2D eigenvalue weighted by atomic mass is 16.5. The van der Waals surface area contributed by atoms with E-state index in [0.717, 1.165) is 12.8 Å². The number of rotatable bonds is 4. The van der Waals surface area contributed by atoms with Crippen molar-refractivity contribution in [3.63, 3.8) is 0 Å². The Hall–Kier alpha value is -1.59. The van der Waals surface area contributed by atoms with E-state index in [1.54, 1.807) is 4.90 Å². The number of piperidine rings is 1. The molecule has 0 aromatic carbocycles. The van der Waals surface area contributed by atoms with Crippen molar-refractivity contribution in [2.75, 3.05) is 26.7 Å². The molecular formula is C13H22N2O4. The van der Waals surface area contributed by atoms with Gasteiger partial charge in [-0.1, -0.05) is 13.8 Å². The number of nitrogens with zero attached hydrogens (tertiary/aromatic N) is 1. The van der Waals surface area contributed by atoms with Crippen LogP contribution < -0.4 is 5.32 Å². The highest BCUT2D eigenvalue weighted by molar-refractivity contribution is 5.85. The van der Waals surface area contributed by atoms with Crippen LogP contribution in [0.25, 0.3) is 0 Å². The fourth-order valence-electron chi connectivity index (χ4n) is 2.13. The maximum atomic E-state index is 11.9. The molecule has 0 spiro atoms. The number of nitrogens with one attached hydrogen (secondary N) is 1. The van der Waals surface area contributed by atoms with E-state index in [1.165, 1.54) is 7.11 Å². The van der Waals surface area contributed by atoms with E-state index in [9.17, 15) is 14.4 Å². The molecule has 0 aliphatic carbocycles. The molecule has 1 heterocycles. The van der Waals surface area contributed by atoms with Gasteiger partial charge in [0.2, 0.25) is 11.8 Å². The van der Waals surface area contributed by atoms with Crippen molar-refractivity contribution in [1.29, 1.82) is 0 Å². The number of carbonyl (C=O) groups excluding carboxylic acids is 3.